The van der Waals surface area contributed by atoms with Crippen LogP contribution in [0.4, 0.5) is 0 Å². The maximum absolute atomic E-state index is 12.8. The summed E-state index contributed by atoms with van der Waals surface area (Å²) in [5.41, 5.74) is 0. The summed E-state index contributed by atoms with van der Waals surface area (Å²) in [5.74, 6) is -3.38. The van der Waals surface area contributed by atoms with E-state index in [0.717, 1.165) is 78.1 Å². The summed E-state index contributed by atoms with van der Waals surface area (Å²) in [6.45, 7) is 2.90. The zero-order valence-corrected chi connectivity index (χ0v) is 34.7. The fourth-order valence-electron chi connectivity index (χ4n) is 6.91. The molecule has 2 heterocycles. The van der Waals surface area contributed by atoms with Crippen LogP contribution in [0.3, 0.4) is 0 Å². The van der Waals surface area contributed by atoms with Gasteiger partial charge in [-0.3, -0.25) is 19.2 Å². The van der Waals surface area contributed by atoms with Crippen LogP contribution in [-0.2, 0) is 52.3 Å². The standard InChI is InChI=1S/C40H70O19/c1-4-5-13-16-27(44)20-32(48)58-38-33(49)29(22-53-24(2)41)56-40(36(38)52)59-37-30(23-54-25(3)42)57-39(35(51)34(37)50)55-21-28(45)18-15-12-10-8-6-7-9-11-14-17-26(43)19-31(46)47/h26-30,33-40,43-45,49-52H,4-23H2,1-3H3,(H,46,47)/t26-,27-,28-,29+,30+,33+,34+,35+,36+,37+,38-,39+,40-/m0/s1. The second-order valence-corrected chi connectivity index (χ2v) is 15.6. The van der Waals surface area contributed by atoms with E-state index in [4.69, 9.17) is 38.3 Å². The van der Waals surface area contributed by atoms with Crippen LogP contribution in [0.2, 0.25) is 0 Å². The minimum absolute atomic E-state index is 0.230. The molecule has 19 nitrogen and oxygen atoms in total. The van der Waals surface area contributed by atoms with Gasteiger partial charge < -0.3 is 74.0 Å². The van der Waals surface area contributed by atoms with Crippen molar-refractivity contribution in [1.82, 2.24) is 0 Å². The van der Waals surface area contributed by atoms with Crippen LogP contribution in [-0.4, -0.2) is 164 Å². The van der Waals surface area contributed by atoms with Crippen LogP contribution >= 0.6 is 0 Å². The van der Waals surface area contributed by atoms with Crippen LogP contribution in [0.25, 0.3) is 0 Å². The summed E-state index contributed by atoms with van der Waals surface area (Å²) in [5, 5.41) is 83.7. The molecule has 13 atom stereocenters. The van der Waals surface area contributed by atoms with E-state index in [0.29, 0.717) is 32.1 Å². The van der Waals surface area contributed by atoms with Gasteiger partial charge in [-0.1, -0.05) is 84.0 Å². The Morgan fingerprint density at radius 2 is 1.07 bits per heavy atom. The monoisotopic (exact) mass is 854 g/mol. The van der Waals surface area contributed by atoms with E-state index in [1.165, 1.54) is 0 Å². The highest BCUT2D eigenvalue weighted by atomic mass is 16.7. The molecular weight excluding hydrogens is 784 g/mol. The van der Waals surface area contributed by atoms with E-state index in [-0.39, 0.29) is 13.0 Å². The number of hydrogen-bond donors (Lipinski definition) is 8. The van der Waals surface area contributed by atoms with Gasteiger partial charge in [-0.15, -0.1) is 0 Å². The third kappa shape index (κ3) is 20.7. The predicted octanol–water partition coefficient (Wildman–Crippen LogP) is 1.14. The van der Waals surface area contributed by atoms with Gasteiger partial charge in [0.2, 0.25) is 0 Å². The average Bonchev–Trinajstić information content (AvgIpc) is 3.16. The van der Waals surface area contributed by atoms with Crippen molar-refractivity contribution in [3.05, 3.63) is 0 Å². The molecule has 8 N–H and O–H groups in total. The number of rotatable bonds is 30. The lowest BCUT2D eigenvalue weighted by Gasteiger charge is -2.46. The summed E-state index contributed by atoms with van der Waals surface area (Å²) in [7, 11) is 0. The Kier molecular flexibility index (Phi) is 25.7. The number of aliphatic hydroxyl groups excluding tert-OH is 7. The maximum atomic E-state index is 12.8. The molecule has 0 amide bonds. The van der Waals surface area contributed by atoms with E-state index >= 15 is 0 Å². The Labute approximate surface area is 346 Å². The van der Waals surface area contributed by atoms with Gasteiger partial charge in [-0.25, -0.2) is 0 Å². The molecule has 2 fully saturated rings. The van der Waals surface area contributed by atoms with Crippen molar-refractivity contribution in [2.75, 3.05) is 19.8 Å². The highest BCUT2D eigenvalue weighted by Gasteiger charge is 2.53. The summed E-state index contributed by atoms with van der Waals surface area (Å²) >= 11 is 0. The second-order valence-electron chi connectivity index (χ2n) is 15.6. The van der Waals surface area contributed by atoms with Crippen molar-refractivity contribution in [3.63, 3.8) is 0 Å². The van der Waals surface area contributed by atoms with Crippen LogP contribution < -0.4 is 0 Å². The average molecular weight is 855 g/mol. The first-order valence-electron chi connectivity index (χ1n) is 21.1. The molecule has 0 saturated carbocycles. The van der Waals surface area contributed by atoms with E-state index in [2.05, 4.69) is 0 Å². The molecular formula is C40H70O19. The van der Waals surface area contributed by atoms with Crippen molar-refractivity contribution in [2.24, 2.45) is 0 Å². The van der Waals surface area contributed by atoms with Crippen molar-refractivity contribution in [2.45, 2.75) is 210 Å². The van der Waals surface area contributed by atoms with Crippen LogP contribution in [0, 0.1) is 0 Å². The summed E-state index contributed by atoms with van der Waals surface area (Å²) in [4.78, 5) is 46.7. The molecule has 19 heteroatoms. The molecule has 2 rings (SSSR count). The molecule has 344 valence electrons. The van der Waals surface area contributed by atoms with Crippen LogP contribution in [0.1, 0.15) is 130 Å². The van der Waals surface area contributed by atoms with E-state index in [1.807, 2.05) is 6.92 Å². The fourth-order valence-corrected chi connectivity index (χ4v) is 6.91. The molecule has 0 aromatic rings. The topological polar surface area (TPSA) is 295 Å². The lowest BCUT2D eigenvalue weighted by molar-refractivity contribution is -0.360. The number of aliphatic hydroxyl groups is 7. The summed E-state index contributed by atoms with van der Waals surface area (Å²) < 4.78 is 38.6. The molecule has 0 radical (unpaired) electrons. The Hall–Kier alpha value is -2.56. The second kappa shape index (κ2) is 28.9. The highest BCUT2D eigenvalue weighted by molar-refractivity contribution is 5.70. The van der Waals surface area contributed by atoms with Crippen LogP contribution in [0.15, 0.2) is 0 Å². The van der Waals surface area contributed by atoms with Crippen molar-refractivity contribution >= 4 is 23.9 Å². The van der Waals surface area contributed by atoms with Gasteiger partial charge in [0.05, 0.1) is 37.8 Å². The molecule has 2 aliphatic rings. The minimum Gasteiger partial charge on any atom is -0.481 e. The third-order valence-corrected chi connectivity index (χ3v) is 10.2. The Morgan fingerprint density at radius 1 is 0.576 bits per heavy atom. The zero-order valence-electron chi connectivity index (χ0n) is 34.7. The molecule has 0 bridgehead atoms. The van der Waals surface area contributed by atoms with Gasteiger partial charge in [0.25, 0.3) is 0 Å². The number of carboxylic acid groups (broad SMARTS) is 1. The Bertz CT molecular complexity index is 1210. The first kappa shape index (κ1) is 52.6. The molecule has 0 aliphatic carbocycles. The van der Waals surface area contributed by atoms with Gasteiger partial charge in [-0.05, 0) is 19.3 Å². The molecule has 0 aromatic heterocycles. The first-order valence-corrected chi connectivity index (χ1v) is 21.1. The molecule has 2 aliphatic heterocycles. The fraction of sp³-hybridized carbons (Fsp3) is 0.900. The number of esters is 3. The van der Waals surface area contributed by atoms with Gasteiger partial charge >= 0.3 is 23.9 Å². The van der Waals surface area contributed by atoms with E-state index < -0.39 is 123 Å². The van der Waals surface area contributed by atoms with E-state index in [9.17, 15) is 54.9 Å². The minimum atomic E-state index is -1.91. The maximum Gasteiger partial charge on any atom is 0.308 e. The Balaban J connectivity index is 1.94. The first-order chi connectivity index (χ1) is 28.0. The lowest BCUT2D eigenvalue weighted by Crippen LogP contribution is -2.65. The van der Waals surface area contributed by atoms with Gasteiger partial charge in [0, 0.05) is 13.8 Å². The van der Waals surface area contributed by atoms with Crippen molar-refractivity contribution in [3.8, 4) is 0 Å². The number of carboxylic acids is 1. The largest absolute Gasteiger partial charge is 0.481 e. The molecule has 0 aromatic carbocycles. The number of carbonyl (C=O) groups is 4. The van der Waals surface area contributed by atoms with Gasteiger partial charge in [0.15, 0.2) is 18.7 Å². The normalized spacial score (nSPS) is 28.6. The molecule has 0 unspecified atom stereocenters. The number of hydrogen-bond acceptors (Lipinski definition) is 18. The quantitative estimate of drug-likeness (QED) is 0.0285. The van der Waals surface area contributed by atoms with E-state index in [1.54, 1.807) is 0 Å². The molecule has 59 heavy (non-hydrogen) atoms. The summed E-state index contributed by atoms with van der Waals surface area (Å²) in [6.07, 6.45) is -7.97. The number of carbonyl (C=O) groups excluding carboxylic acids is 3. The Morgan fingerprint density at radius 3 is 1.61 bits per heavy atom. The SMILES string of the molecule is CCCCC[C@H](O)CC(=O)O[C@@H]1[C@@H](O)[C@H](O[C@H]2[C@H](O)[C@@H](O)[C@H](OC[C@@H](O)CCCCCCCCCCC[C@H](O)CC(=O)O)O[C@@H]2COC(C)=O)O[C@H](COC(C)=O)[C@H]1O. The lowest BCUT2D eigenvalue weighted by atomic mass is 9.96. The van der Waals surface area contributed by atoms with Crippen molar-refractivity contribution < 1.29 is 93.2 Å². The third-order valence-electron chi connectivity index (χ3n) is 10.2. The number of ether oxygens (including phenoxy) is 7. The van der Waals surface area contributed by atoms with Gasteiger partial charge in [0.1, 0.15) is 55.9 Å². The number of unbranched alkanes of at least 4 members (excludes halogenated alkanes) is 10. The van der Waals surface area contributed by atoms with Crippen LogP contribution in [0.5, 0.6) is 0 Å². The van der Waals surface area contributed by atoms with Crippen molar-refractivity contribution in [1.29, 1.82) is 0 Å². The summed E-state index contributed by atoms with van der Waals surface area (Å²) in [6, 6.07) is 0. The van der Waals surface area contributed by atoms with Gasteiger partial charge in [-0.2, -0.15) is 0 Å². The smallest absolute Gasteiger partial charge is 0.308 e. The number of aliphatic carboxylic acids is 1. The predicted molar refractivity (Wildman–Crippen MR) is 205 cm³/mol. The molecule has 0 spiro atoms. The molecule has 2 saturated heterocycles. The zero-order chi connectivity index (χ0) is 43.9. The highest BCUT2D eigenvalue weighted by Crippen LogP contribution is 2.31.